The van der Waals surface area contributed by atoms with E-state index < -0.39 is 0 Å². The number of nitrogens with zero attached hydrogens (tertiary/aromatic N) is 6. The molecule has 0 saturated carbocycles. The Morgan fingerprint density at radius 2 is 2.10 bits per heavy atom. The molecular weight excluding hydrogens is 396 g/mol. The molecule has 0 aliphatic rings. The van der Waals surface area contributed by atoms with Gasteiger partial charge in [0.2, 0.25) is 11.9 Å². The van der Waals surface area contributed by atoms with Crippen LogP contribution in [0.4, 0.5) is 17.3 Å². The molecule has 0 unspecified atom stereocenters. The lowest BCUT2D eigenvalue weighted by Gasteiger charge is -2.08. The van der Waals surface area contributed by atoms with Crippen LogP contribution in [0.3, 0.4) is 0 Å². The maximum absolute atomic E-state index is 11.8. The first kappa shape index (κ1) is 20.2. The molecule has 0 fully saturated rings. The maximum atomic E-state index is 11.8. The highest BCUT2D eigenvalue weighted by Crippen LogP contribution is 2.18. The van der Waals surface area contributed by atoms with Crippen molar-refractivity contribution in [2.45, 2.75) is 20.0 Å². The number of amides is 1. The first-order valence-electron chi connectivity index (χ1n) is 9.76. The van der Waals surface area contributed by atoms with Crippen LogP contribution >= 0.6 is 0 Å². The highest BCUT2D eigenvalue weighted by Gasteiger charge is 2.09. The highest BCUT2D eigenvalue weighted by molar-refractivity contribution is 5.99. The fourth-order valence-electron chi connectivity index (χ4n) is 3.08. The zero-order valence-corrected chi connectivity index (χ0v) is 16.9. The SMILES string of the molecule is C/C=C/C(=O)Nc1cccc(Cn2ncc3cnc(Nc4cnn(CCO)c4)nc32)c1. The molecule has 0 saturated heterocycles. The molecule has 0 spiro atoms. The summed E-state index contributed by atoms with van der Waals surface area (Å²) in [4.78, 5) is 20.7. The molecule has 1 aromatic carbocycles. The molecule has 4 rings (SSSR count). The molecule has 0 atom stereocenters. The number of allylic oxidation sites excluding steroid dienone is 1. The number of rotatable bonds is 8. The quantitative estimate of drug-likeness (QED) is 0.375. The van der Waals surface area contributed by atoms with E-state index in [4.69, 9.17) is 5.11 Å². The standard InChI is InChI=1S/C21H22N8O2/c1-2-4-19(31)25-17-6-3-5-15(9-17)13-29-20-16(11-24-29)10-22-21(27-20)26-18-12-23-28(14-18)7-8-30/h2-6,9-12,14,30H,7-8,13H2,1H3,(H,25,31)(H,22,26,27)/b4-2+. The Balaban J connectivity index is 1.53. The minimum Gasteiger partial charge on any atom is -0.394 e. The number of hydrogen-bond acceptors (Lipinski definition) is 7. The molecule has 0 radical (unpaired) electrons. The van der Waals surface area contributed by atoms with Crippen LogP contribution in [-0.2, 0) is 17.9 Å². The summed E-state index contributed by atoms with van der Waals surface area (Å²) in [6.45, 7) is 2.72. The summed E-state index contributed by atoms with van der Waals surface area (Å²) in [5, 5.41) is 24.4. The van der Waals surface area contributed by atoms with Gasteiger partial charge in [-0.3, -0.25) is 9.48 Å². The van der Waals surface area contributed by atoms with Gasteiger partial charge in [-0.1, -0.05) is 18.2 Å². The van der Waals surface area contributed by atoms with Gasteiger partial charge in [0.15, 0.2) is 5.65 Å². The predicted octanol–water partition coefficient (Wildman–Crippen LogP) is 2.32. The van der Waals surface area contributed by atoms with Crippen LogP contribution in [0.1, 0.15) is 12.5 Å². The van der Waals surface area contributed by atoms with E-state index in [1.807, 2.05) is 24.3 Å². The van der Waals surface area contributed by atoms with Gasteiger partial charge in [-0.15, -0.1) is 0 Å². The van der Waals surface area contributed by atoms with Gasteiger partial charge in [0.05, 0.1) is 43.2 Å². The number of hydrogen-bond donors (Lipinski definition) is 3. The second-order valence-electron chi connectivity index (χ2n) is 6.81. The topological polar surface area (TPSA) is 123 Å². The second kappa shape index (κ2) is 9.18. The number of benzene rings is 1. The molecule has 0 aliphatic heterocycles. The molecule has 3 aromatic heterocycles. The number of nitrogens with one attached hydrogen (secondary N) is 2. The molecule has 10 nitrogen and oxygen atoms in total. The Morgan fingerprint density at radius 3 is 2.94 bits per heavy atom. The van der Waals surface area contributed by atoms with E-state index in [2.05, 4.69) is 30.8 Å². The fourth-order valence-corrected chi connectivity index (χ4v) is 3.08. The van der Waals surface area contributed by atoms with Crippen molar-refractivity contribution >= 4 is 34.3 Å². The van der Waals surface area contributed by atoms with Crippen LogP contribution < -0.4 is 10.6 Å². The van der Waals surface area contributed by atoms with E-state index in [9.17, 15) is 4.79 Å². The fraction of sp³-hybridized carbons (Fsp3) is 0.190. The average Bonchev–Trinajstić information content (AvgIpc) is 3.36. The third-order valence-electron chi connectivity index (χ3n) is 4.44. The van der Waals surface area contributed by atoms with E-state index in [0.29, 0.717) is 30.4 Å². The van der Waals surface area contributed by atoms with Crippen molar-refractivity contribution in [1.29, 1.82) is 0 Å². The molecule has 3 heterocycles. The molecule has 10 heteroatoms. The minimum absolute atomic E-state index is 0.0168. The normalized spacial score (nSPS) is 11.3. The number of aromatic nitrogens is 6. The van der Waals surface area contributed by atoms with Crippen molar-refractivity contribution in [3.8, 4) is 0 Å². The van der Waals surface area contributed by atoms with E-state index in [1.165, 1.54) is 6.08 Å². The molecule has 0 bridgehead atoms. The van der Waals surface area contributed by atoms with Crippen LogP contribution in [0.15, 0.2) is 61.2 Å². The Morgan fingerprint density at radius 1 is 1.19 bits per heavy atom. The smallest absolute Gasteiger partial charge is 0.248 e. The third-order valence-corrected chi connectivity index (χ3v) is 4.44. The van der Waals surface area contributed by atoms with Gasteiger partial charge in [-0.05, 0) is 30.7 Å². The zero-order valence-electron chi connectivity index (χ0n) is 16.9. The van der Waals surface area contributed by atoms with Gasteiger partial charge in [0.25, 0.3) is 0 Å². The molecule has 158 valence electrons. The first-order chi connectivity index (χ1) is 15.1. The molecule has 31 heavy (non-hydrogen) atoms. The summed E-state index contributed by atoms with van der Waals surface area (Å²) in [5.74, 6) is 0.250. The maximum Gasteiger partial charge on any atom is 0.248 e. The van der Waals surface area contributed by atoms with Crippen molar-refractivity contribution < 1.29 is 9.90 Å². The summed E-state index contributed by atoms with van der Waals surface area (Å²) in [5.41, 5.74) is 3.10. The van der Waals surface area contributed by atoms with Gasteiger partial charge in [0.1, 0.15) is 0 Å². The van der Waals surface area contributed by atoms with E-state index in [1.54, 1.807) is 47.2 Å². The Labute approximate surface area is 178 Å². The van der Waals surface area contributed by atoms with Crippen LogP contribution in [0.25, 0.3) is 11.0 Å². The number of aliphatic hydroxyl groups excluding tert-OH is 1. The highest BCUT2D eigenvalue weighted by atomic mass is 16.3. The number of fused-ring (bicyclic) bond motifs is 1. The number of aliphatic hydroxyl groups is 1. The molecule has 4 aromatic rings. The molecule has 0 aliphatic carbocycles. The molecule has 3 N–H and O–H groups in total. The Kier molecular flexibility index (Phi) is 5.99. The van der Waals surface area contributed by atoms with Crippen molar-refractivity contribution in [2.75, 3.05) is 17.2 Å². The lowest BCUT2D eigenvalue weighted by atomic mass is 10.2. The average molecular weight is 418 g/mol. The predicted molar refractivity (Wildman–Crippen MR) is 117 cm³/mol. The summed E-state index contributed by atoms with van der Waals surface area (Å²) < 4.78 is 3.41. The largest absolute Gasteiger partial charge is 0.394 e. The van der Waals surface area contributed by atoms with Gasteiger partial charge in [-0.25, -0.2) is 9.67 Å². The first-order valence-corrected chi connectivity index (χ1v) is 9.76. The van der Waals surface area contributed by atoms with Gasteiger partial charge in [0, 0.05) is 18.1 Å². The summed E-state index contributed by atoms with van der Waals surface area (Å²) in [7, 11) is 0. The third kappa shape index (κ3) is 4.93. The molecule has 1 amide bonds. The van der Waals surface area contributed by atoms with Crippen LogP contribution in [0.5, 0.6) is 0 Å². The lowest BCUT2D eigenvalue weighted by molar-refractivity contribution is -0.111. The number of carbonyl (C=O) groups excluding carboxylic acids is 1. The van der Waals surface area contributed by atoms with Crippen LogP contribution in [0, 0.1) is 0 Å². The molecular formula is C21H22N8O2. The van der Waals surface area contributed by atoms with Crippen molar-refractivity contribution in [2.24, 2.45) is 0 Å². The summed E-state index contributed by atoms with van der Waals surface area (Å²) >= 11 is 0. The lowest BCUT2D eigenvalue weighted by Crippen LogP contribution is -2.09. The van der Waals surface area contributed by atoms with Crippen molar-refractivity contribution in [1.82, 2.24) is 29.5 Å². The number of anilines is 3. The summed E-state index contributed by atoms with van der Waals surface area (Å²) in [6.07, 6.45) is 10.0. The number of carbonyl (C=O) groups is 1. The van der Waals surface area contributed by atoms with E-state index in [0.717, 1.165) is 16.6 Å². The monoisotopic (exact) mass is 418 g/mol. The van der Waals surface area contributed by atoms with Crippen LogP contribution in [0.2, 0.25) is 0 Å². The second-order valence-corrected chi connectivity index (χ2v) is 6.81. The van der Waals surface area contributed by atoms with Gasteiger partial charge >= 0.3 is 0 Å². The van der Waals surface area contributed by atoms with Crippen molar-refractivity contribution in [3.63, 3.8) is 0 Å². The van der Waals surface area contributed by atoms with Gasteiger partial charge in [-0.2, -0.15) is 15.2 Å². The Hall–Kier alpha value is -4.05. The van der Waals surface area contributed by atoms with E-state index >= 15 is 0 Å². The minimum atomic E-state index is -0.171. The zero-order chi connectivity index (χ0) is 21.6. The van der Waals surface area contributed by atoms with Crippen molar-refractivity contribution in [3.05, 3.63) is 66.8 Å². The van der Waals surface area contributed by atoms with E-state index in [-0.39, 0.29) is 12.5 Å². The van der Waals surface area contributed by atoms with Crippen LogP contribution in [-0.4, -0.2) is 47.1 Å². The van der Waals surface area contributed by atoms with Gasteiger partial charge < -0.3 is 15.7 Å². The Bertz CT molecular complexity index is 1230. The summed E-state index contributed by atoms with van der Waals surface area (Å²) in [6, 6.07) is 7.60.